The first-order chi connectivity index (χ1) is 11.1. The van der Waals surface area contributed by atoms with Gasteiger partial charge in [0, 0.05) is 25.7 Å². The topological polar surface area (TPSA) is 86.5 Å². The third-order valence-corrected chi connectivity index (χ3v) is 4.50. The van der Waals surface area contributed by atoms with E-state index in [4.69, 9.17) is 14.0 Å². The number of rotatable bonds is 5. The summed E-state index contributed by atoms with van der Waals surface area (Å²) in [6, 6.07) is -0.268. The van der Waals surface area contributed by atoms with Gasteiger partial charge in [-0.1, -0.05) is 19.0 Å². The lowest BCUT2D eigenvalue weighted by Gasteiger charge is -2.29. The normalized spacial score (nSPS) is 24.0. The molecule has 0 radical (unpaired) electrons. The molecule has 1 amide bonds. The van der Waals surface area contributed by atoms with Crippen molar-refractivity contribution in [2.24, 2.45) is 5.92 Å². The van der Waals surface area contributed by atoms with Crippen molar-refractivity contribution < 1.29 is 18.8 Å². The molecule has 0 bridgehead atoms. The van der Waals surface area contributed by atoms with Crippen molar-refractivity contribution in [2.45, 2.75) is 57.6 Å². The quantitative estimate of drug-likeness (QED) is 0.891. The molecule has 0 aromatic carbocycles. The average molecular weight is 323 g/mol. The van der Waals surface area contributed by atoms with Gasteiger partial charge in [0.2, 0.25) is 11.8 Å². The Morgan fingerprint density at radius 2 is 2.00 bits per heavy atom. The van der Waals surface area contributed by atoms with Gasteiger partial charge in [-0.05, 0) is 31.6 Å². The van der Waals surface area contributed by atoms with Gasteiger partial charge in [-0.25, -0.2) is 0 Å². The Bertz CT molecular complexity index is 519. The molecular weight excluding hydrogens is 298 g/mol. The molecule has 0 spiro atoms. The third kappa shape index (κ3) is 3.90. The van der Waals surface area contributed by atoms with Crippen molar-refractivity contribution in [3.63, 3.8) is 0 Å². The molecule has 2 fully saturated rings. The lowest BCUT2D eigenvalue weighted by molar-refractivity contribution is -0.131. The van der Waals surface area contributed by atoms with Crippen LogP contribution in [-0.2, 0) is 14.3 Å². The first-order valence-electron chi connectivity index (χ1n) is 8.48. The van der Waals surface area contributed by atoms with Crippen LogP contribution < -0.4 is 5.32 Å². The number of carbonyl (C=O) groups excluding carboxylic acids is 1. The van der Waals surface area contributed by atoms with E-state index in [1.165, 1.54) is 0 Å². The number of nitrogens with one attached hydrogen (secondary N) is 1. The minimum atomic E-state index is -0.357. The van der Waals surface area contributed by atoms with Crippen molar-refractivity contribution in [2.75, 3.05) is 19.8 Å². The number of ether oxygens (including phenoxy) is 2. The van der Waals surface area contributed by atoms with Crippen LogP contribution in [0.1, 0.15) is 63.2 Å². The molecule has 1 aromatic rings. The Kier molecular flexibility index (Phi) is 5.27. The molecule has 7 heteroatoms. The maximum Gasteiger partial charge on any atom is 0.249 e. The minimum Gasteiger partial charge on any atom is -0.381 e. The van der Waals surface area contributed by atoms with Crippen LogP contribution in [0.25, 0.3) is 0 Å². The fourth-order valence-electron chi connectivity index (χ4n) is 3.07. The van der Waals surface area contributed by atoms with E-state index in [2.05, 4.69) is 15.5 Å². The molecular formula is C16H25N3O4. The summed E-state index contributed by atoms with van der Waals surface area (Å²) in [5, 5.41) is 7.12. The van der Waals surface area contributed by atoms with E-state index >= 15 is 0 Å². The highest BCUT2D eigenvalue weighted by Gasteiger charge is 2.34. The van der Waals surface area contributed by atoms with Gasteiger partial charge in [-0.3, -0.25) is 4.79 Å². The Balaban J connectivity index is 1.75. The molecule has 2 aliphatic heterocycles. The van der Waals surface area contributed by atoms with E-state index in [1.54, 1.807) is 0 Å². The van der Waals surface area contributed by atoms with E-state index in [0.717, 1.165) is 25.7 Å². The number of hydrogen-bond donors (Lipinski definition) is 1. The summed E-state index contributed by atoms with van der Waals surface area (Å²) in [6.45, 7) is 6.08. The summed E-state index contributed by atoms with van der Waals surface area (Å²) in [4.78, 5) is 16.9. The molecule has 23 heavy (non-hydrogen) atoms. The monoisotopic (exact) mass is 323 g/mol. The zero-order chi connectivity index (χ0) is 16.2. The molecule has 3 heterocycles. The summed E-state index contributed by atoms with van der Waals surface area (Å²) in [5.41, 5.74) is 0. The predicted octanol–water partition coefficient (Wildman–Crippen LogP) is 1.96. The standard InChI is InChI=1S/C16H25N3O4/c1-10(2)14-18-16(23-19-14)13(11-5-8-21-9-6-11)17-15(20)12-4-3-7-22-12/h10-13H,3-9H2,1-2H3,(H,17,20)/t12-,13-/m0/s1. The first kappa shape index (κ1) is 16.4. The number of amides is 1. The summed E-state index contributed by atoms with van der Waals surface area (Å²) < 4.78 is 16.4. The van der Waals surface area contributed by atoms with Gasteiger partial charge in [-0.15, -0.1) is 0 Å². The second kappa shape index (κ2) is 7.40. The molecule has 0 unspecified atom stereocenters. The van der Waals surface area contributed by atoms with E-state index in [1.807, 2.05) is 13.8 Å². The van der Waals surface area contributed by atoms with Crippen LogP contribution in [0.3, 0.4) is 0 Å². The molecule has 2 aliphatic rings. The van der Waals surface area contributed by atoms with E-state index in [-0.39, 0.29) is 29.9 Å². The summed E-state index contributed by atoms with van der Waals surface area (Å²) >= 11 is 0. The second-order valence-corrected chi connectivity index (χ2v) is 6.58. The summed E-state index contributed by atoms with van der Waals surface area (Å²) in [5.74, 6) is 1.52. The number of aromatic nitrogens is 2. The number of hydrogen-bond acceptors (Lipinski definition) is 6. The predicted molar refractivity (Wildman–Crippen MR) is 81.8 cm³/mol. The molecule has 7 nitrogen and oxygen atoms in total. The van der Waals surface area contributed by atoms with Gasteiger partial charge >= 0.3 is 0 Å². The van der Waals surface area contributed by atoms with Crippen LogP contribution in [0.2, 0.25) is 0 Å². The van der Waals surface area contributed by atoms with Crippen molar-refractivity contribution in [3.8, 4) is 0 Å². The highest BCUT2D eigenvalue weighted by molar-refractivity contribution is 5.81. The Morgan fingerprint density at radius 1 is 1.22 bits per heavy atom. The maximum atomic E-state index is 12.5. The summed E-state index contributed by atoms with van der Waals surface area (Å²) in [7, 11) is 0. The number of nitrogens with zero attached hydrogens (tertiary/aromatic N) is 2. The fraction of sp³-hybridized carbons (Fsp3) is 0.812. The molecule has 3 rings (SSSR count). The molecule has 1 aromatic heterocycles. The zero-order valence-corrected chi connectivity index (χ0v) is 13.8. The van der Waals surface area contributed by atoms with Crippen molar-refractivity contribution in [1.29, 1.82) is 0 Å². The van der Waals surface area contributed by atoms with Crippen LogP contribution in [0.15, 0.2) is 4.52 Å². The number of carbonyl (C=O) groups is 1. The SMILES string of the molecule is CC(C)c1noc([C@@H](NC(=O)[C@@H]2CCCO2)C2CCOCC2)n1. The second-order valence-electron chi connectivity index (χ2n) is 6.58. The van der Waals surface area contributed by atoms with Gasteiger partial charge in [0.25, 0.3) is 0 Å². The molecule has 1 N–H and O–H groups in total. The van der Waals surface area contributed by atoms with E-state index in [0.29, 0.717) is 31.5 Å². The lowest BCUT2D eigenvalue weighted by atomic mass is 9.91. The maximum absolute atomic E-state index is 12.5. The van der Waals surface area contributed by atoms with Crippen LogP contribution in [0.4, 0.5) is 0 Å². The lowest BCUT2D eigenvalue weighted by Crippen LogP contribution is -2.41. The summed E-state index contributed by atoms with van der Waals surface area (Å²) in [6.07, 6.45) is 3.09. The average Bonchev–Trinajstić information content (AvgIpc) is 3.24. The fourth-order valence-corrected chi connectivity index (χ4v) is 3.07. The van der Waals surface area contributed by atoms with Gasteiger partial charge in [0.15, 0.2) is 5.82 Å². The molecule has 0 saturated carbocycles. The molecule has 2 saturated heterocycles. The third-order valence-electron chi connectivity index (χ3n) is 4.50. The van der Waals surface area contributed by atoms with Gasteiger partial charge in [0.05, 0.1) is 0 Å². The Hall–Kier alpha value is -1.47. The van der Waals surface area contributed by atoms with Gasteiger partial charge in [-0.2, -0.15) is 4.98 Å². The molecule has 0 aliphatic carbocycles. The smallest absolute Gasteiger partial charge is 0.249 e. The highest BCUT2D eigenvalue weighted by atomic mass is 16.5. The van der Waals surface area contributed by atoms with Crippen molar-refractivity contribution >= 4 is 5.91 Å². The van der Waals surface area contributed by atoms with Crippen LogP contribution in [-0.4, -0.2) is 42.0 Å². The van der Waals surface area contributed by atoms with Crippen LogP contribution >= 0.6 is 0 Å². The zero-order valence-electron chi connectivity index (χ0n) is 13.8. The Morgan fingerprint density at radius 3 is 2.61 bits per heavy atom. The van der Waals surface area contributed by atoms with Crippen LogP contribution in [0, 0.1) is 5.92 Å². The van der Waals surface area contributed by atoms with Crippen LogP contribution in [0.5, 0.6) is 0 Å². The van der Waals surface area contributed by atoms with Gasteiger partial charge < -0.3 is 19.3 Å². The molecule has 2 atom stereocenters. The minimum absolute atomic E-state index is 0.0803. The van der Waals surface area contributed by atoms with E-state index in [9.17, 15) is 4.79 Å². The van der Waals surface area contributed by atoms with Crippen molar-refractivity contribution in [3.05, 3.63) is 11.7 Å². The molecule has 128 valence electrons. The van der Waals surface area contributed by atoms with E-state index < -0.39 is 0 Å². The Labute approximate surface area is 136 Å². The van der Waals surface area contributed by atoms with Gasteiger partial charge in [0.1, 0.15) is 12.1 Å². The largest absolute Gasteiger partial charge is 0.381 e. The first-order valence-corrected chi connectivity index (χ1v) is 8.48. The van der Waals surface area contributed by atoms with Crippen molar-refractivity contribution in [1.82, 2.24) is 15.5 Å². The highest BCUT2D eigenvalue weighted by Crippen LogP contribution is 2.30.